The average molecular weight is 1130 g/mol. The van der Waals surface area contributed by atoms with Gasteiger partial charge in [0.1, 0.15) is 0 Å². The number of benzene rings is 8. The van der Waals surface area contributed by atoms with Crippen molar-refractivity contribution in [3.05, 3.63) is 200 Å². The molecule has 0 saturated heterocycles. The predicted octanol–water partition coefficient (Wildman–Crippen LogP) is 21.1. The smallest absolute Gasteiger partial charge is 0.252 e. The van der Waals surface area contributed by atoms with Crippen LogP contribution in [0, 0.1) is 20.8 Å². The molecule has 3 nitrogen and oxygen atoms in total. The number of nitrogens with zero attached hydrogens (tertiary/aromatic N) is 3. The molecule has 0 radical (unpaired) electrons. The molecular formula is C82H96BN3. The van der Waals surface area contributed by atoms with E-state index in [-0.39, 0.29) is 50.0 Å². The maximum atomic E-state index is 2.73. The third-order valence-corrected chi connectivity index (χ3v) is 21.8. The van der Waals surface area contributed by atoms with E-state index in [1.54, 1.807) is 0 Å². The molecule has 0 amide bonds. The Morgan fingerprint density at radius 1 is 0.407 bits per heavy atom. The van der Waals surface area contributed by atoms with Gasteiger partial charge in [0.05, 0.1) is 0 Å². The monoisotopic (exact) mass is 1130 g/mol. The second kappa shape index (κ2) is 18.9. The van der Waals surface area contributed by atoms with Gasteiger partial charge in [0, 0.05) is 56.6 Å². The molecule has 4 heteroatoms. The maximum Gasteiger partial charge on any atom is 0.252 e. The molecule has 0 saturated carbocycles. The molecule has 3 aliphatic carbocycles. The van der Waals surface area contributed by atoms with Gasteiger partial charge >= 0.3 is 0 Å². The summed E-state index contributed by atoms with van der Waals surface area (Å²) < 4.78 is 0. The van der Waals surface area contributed by atoms with E-state index < -0.39 is 0 Å². The van der Waals surface area contributed by atoms with Crippen LogP contribution in [0.3, 0.4) is 0 Å². The van der Waals surface area contributed by atoms with Crippen molar-refractivity contribution >= 4 is 74.3 Å². The van der Waals surface area contributed by atoms with Gasteiger partial charge in [-0.05, 0) is 245 Å². The van der Waals surface area contributed by atoms with Gasteiger partial charge in [0.2, 0.25) is 0 Å². The predicted molar refractivity (Wildman–Crippen MR) is 374 cm³/mol. The van der Waals surface area contributed by atoms with Crippen molar-refractivity contribution in [2.24, 2.45) is 0 Å². The van der Waals surface area contributed by atoms with Gasteiger partial charge in [-0.15, -0.1) is 0 Å². The van der Waals surface area contributed by atoms with E-state index in [0.29, 0.717) is 0 Å². The normalized spacial score (nSPS) is 18.1. The van der Waals surface area contributed by atoms with Gasteiger partial charge in [-0.25, -0.2) is 0 Å². The molecule has 13 rings (SSSR count). The highest BCUT2D eigenvalue weighted by Gasteiger charge is 2.49. The zero-order valence-electron chi connectivity index (χ0n) is 56.4. The van der Waals surface area contributed by atoms with Crippen LogP contribution in [0.5, 0.6) is 0 Å². The third-order valence-electron chi connectivity index (χ3n) is 21.8. The SMILES string of the molecule is Cc1cc2c3c(c1)N(c1ccc4c(c1)C(C)(C)CCC4(C)C)c1cc4c(cc1B3c1ccc(N(c3ccc(C(C)(C)C)cc3C)c3ccc(C(C)(C)C)cc3C)cc1N2c1cc2c(c(C(C)(C)C)c1)C(C)(C)c1ccccc1-2)C(C)(C)CCC4(C)C. The molecule has 0 unspecified atom stereocenters. The molecule has 0 aromatic heterocycles. The average Bonchev–Trinajstić information content (AvgIpc) is 0.968. The quantitative estimate of drug-likeness (QED) is 0.159. The van der Waals surface area contributed by atoms with E-state index in [9.17, 15) is 0 Å². The van der Waals surface area contributed by atoms with Crippen LogP contribution in [0.15, 0.2) is 133 Å². The van der Waals surface area contributed by atoms with E-state index in [1.807, 2.05) is 0 Å². The molecule has 8 aromatic carbocycles. The molecule has 2 aliphatic heterocycles. The summed E-state index contributed by atoms with van der Waals surface area (Å²) >= 11 is 0. The van der Waals surface area contributed by atoms with Crippen LogP contribution in [-0.2, 0) is 43.3 Å². The van der Waals surface area contributed by atoms with Gasteiger partial charge in [-0.2, -0.15) is 0 Å². The molecular weight excluding hydrogens is 1040 g/mol. The molecule has 5 aliphatic rings. The number of fused-ring (bicyclic) bond motifs is 9. The minimum atomic E-state index is -0.167. The van der Waals surface area contributed by atoms with Gasteiger partial charge in [-0.1, -0.05) is 198 Å². The highest BCUT2D eigenvalue weighted by Crippen LogP contribution is 2.57. The van der Waals surface area contributed by atoms with E-state index in [0.717, 1.165) is 18.5 Å². The number of anilines is 9. The zero-order chi connectivity index (χ0) is 61.7. The summed E-state index contributed by atoms with van der Waals surface area (Å²) in [4.78, 5) is 8.03. The van der Waals surface area contributed by atoms with Crippen LogP contribution in [0.2, 0.25) is 0 Å². The largest absolute Gasteiger partial charge is 0.311 e. The van der Waals surface area contributed by atoms with Crippen molar-refractivity contribution in [2.75, 3.05) is 14.7 Å². The van der Waals surface area contributed by atoms with Gasteiger partial charge in [-0.3, -0.25) is 0 Å². The Morgan fingerprint density at radius 2 is 0.919 bits per heavy atom. The minimum Gasteiger partial charge on any atom is -0.311 e. The number of rotatable bonds is 5. The van der Waals surface area contributed by atoms with Gasteiger partial charge in [0.25, 0.3) is 6.71 Å². The van der Waals surface area contributed by atoms with E-state index in [1.165, 1.54) is 153 Å². The standard InChI is InChI=1S/C82H96BN3/c1-49-39-71-74-72(40-49)86(56-43-58-57-25-23-24-26-59(57)82(21,22)73(58)64(45-56)77(10,11)12)69-46-55(84(67-33-27-52(41-50(67)2)75(4,5)6)68-34-28-53(42-51(68)3)76(7,8)9)30-32-65(69)83(74)66-47-62-63(81(19,20)38-37-80(62,17)18)48-70(66)85(71)54-29-31-60-61(44-54)79(15,16)36-35-78(60,13)14/h23-34,39-48H,35-38H2,1-22H3. The van der Waals surface area contributed by atoms with E-state index >= 15 is 0 Å². The first-order chi connectivity index (χ1) is 40.0. The Labute approximate surface area is 518 Å². The minimum absolute atomic E-state index is 0.00898. The Morgan fingerprint density at radius 3 is 1.47 bits per heavy atom. The van der Waals surface area contributed by atoms with Crippen molar-refractivity contribution in [3.63, 3.8) is 0 Å². The topological polar surface area (TPSA) is 9.72 Å². The van der Waals surface area contributed by atoms with E-state index in [4.69, 9.17) is 0 Å². The maximum absolute atomic E-state index is 2.73. The van der Waals surface area contributed by atoms with Crippen LogP contribution in [0.4, 0.5) is 51.2 Å². The van der Waals surface area contributed by atoms with E-state index in [2.05, 4.69) is 300 Å². The molecule has 442 valence electrons. The van der Waals surface area contributed by atoms with Crippen LogP contribution >= 0.6 is 0 Å². The first-order valence-corrected chi connectivity index (χ1v) is 32.5. The summed E-state index contributed by atoms with van der Waals surface area (Å²) in [6.45, 7) is 53.0. The molecule has 0 atom stereocenters. The van der Waals surface area contributed by atoms with Crippen LogP contribution in [-0.4, -0.2) is 6.71 Å². The summed E-state index contributed by atoms with van der Waals surface area (Å²) in [5.74, 6) is 0. The lowest BCUT2D eigenvalue weighted by atomic mass is 9.33. The number of hydrogen-bond donors (Lipinski definition) is 0. The Bertz CT molecular complexity index is 4090. The fourth-order valence-corrected chi connectivity index (χ4v) is 16.4. The van der Waals surface area contributed by atoms with Crippen LogP contribution in [0.25, 0.3) is 11.1 Å². The molecule has 86 heavy (non-hydrogen) atoms. The number of aryl methyl sites for hydroxylation is 3. The molecule has 0 N–H and O–H groups in total. The summed E-state index contributed by atoms with van der Waals surface area (Å²) in [6.07, 6.45) is 4.66. The fraction of sp³-hybridized carbons (Fsp3) is 0.415. The molecule has 0 bridgehead atoms. The lowest BCUT2D eigenvalue weighted by molar-refractivity contribution is 0.332. The molecule has 2 heterocycles. The van der Waals surface area contributed by atoms with Crippen molar-refractivity contribution in [1.29, 1.82) is 0 Å². The first kappa shape index (κ1) is 58.3. The van der Waals surface area contributed by atoms with Crippen molar-refractivity contribution in [1.82, 2.24) is 0 Å². The fourth-order valence-electron chi connectivity index (χ4n) is 16.4. The van der Waals surface area contributed by atoms with Crippen molar-refractivity contribution in [2.45, 2.75) is 221 Å². The first-order valence-electron chi connectivity index (χ1n) is 32.5. The second-order valence-electron chi connectivity index (χ2n) is 33.5. The van der Waals surface area contributed by atoms with Crippen molar-refractivity contribution in [3.8, 4) is 11.1 Å². The zero-order valence-corrected chi connectivity index (χ0v) is 56.4. The summed E-state index contributed by atoms with van der Waals surface area (Å²) in [6, 6.07) is 54.5. The lowest BCUT2D eigenvalue weighted by Crippen LogP contribution is -2.62. The summed E-state index contributed by atoms with van der Waals surface area (Å²) in [5.41, 5.74) is 34.5. The summed E-state index contributed by atoms with van der Waals surface area (Å²) in [7, 11) is 0. The Balaban J connectivity index is 1.15. The van der Waals surface area contributed by atoms with Crippen molar-refractivity contribution < 1.29 is 0 Å². The van der Waals surface area contributed by atoms with Crippen LogP contribution < -0.4 is 31.1 Å². The lowest BCUT2D eigenvalue weighted by Gasteiger charge is -2.48. The van der Waals surface area contributed by atoms with Gasteiger partial charge < -0.3 is 14.7 Å². The third kappa shape index (κ3) is 8.92. The highest BCUT2D eigenvalue weighted by molar-refractivity contribution is 7.00. The number of hydrogen-bond acceptors (Lipinski definition) is 3. The molecule has 8 aromatic rings. The molecule has 0 fully saturated rings. The van der Waals surface area contributed by atoms with Crippen LogP contribution in [0.1, 0.15) is 224 Å². The Hall–Kier alpha value is -6.78. The second-order valence-corrected chi connectivity index (χ2v) is 33.5. The Kier molecular flexibility index (Phi) is 12.8. The molecule has 0 spiro atoms. The van der Waals surface area contributed by atoms with Gasteiger partial charge in [0.15, 0.2) is 0 Å². The summed E-state index contributed by atoms with van der Waals surface area (Å²) in [5, 5.41) is 0. The highest BCUT2D eigenvalue weighted by atomic mass is 15.2.